The Bertz CT molecular complexity index is 491. The van der Waals surface area contributed by atoms with Crippen LogP contribution >= 0.6 is 0 Å². The van der Waals surface area contributed by atoms with E-state index >= 15 is 0 Å². The summed E-state index contributed by atoms with van der Waals surface area (Å²) in [5, 5.41) is 2.60. The van der Waals surface area contributed by atoms with Crippen molar-refractivity contribution in [2.45, 2.75) is 52.2 Å². The van der Waals surface area contributed by atoms with Gasteiger partial charge < -0.3 is 10.1 Å². The Morgan fingerprint density at radius 2 is 1.81 bits per heavy atom. The first kappa shape index (κ1) is 17.1. The van der Waals surface area contributed by atoms with E-state index in [0.29, 0.717) is 6.42 Å². The van der Waals surface area contributed by atoms with Crippen molar-refractivity contribution in [2.75, 3.05) is 0 Å². The van der Waals surface area contributed by atoms with Gasteiger partial charge in [0.2, 0.25) is 5.91 Å². The second-order valence-corrected chi connectivity index (χ2v) is 5.95. The fraction of sp³-hybridized carbons (Fsp3) is 0.500. The first-order chi connectivity index (χ1) is 9.67. The number of carbonyl (C=O) groups is 2. The number of rotatable bonds is 5. The van der Waals surface area contributed by atoms with Crippen molar-refractivity contribution in [2.24, 2.45) is 0 Å². The van der Waals surface area contributed by atoms with Crippen LogP contribution in [-0.2, 0) is 20.7 Å². The van der Waals surface area contributed by atoms with Crippen LogP contribution in [0.25, 0.3) is 0 Å². The highest BCUT2D eigenvalue weighted by Gasteiger charge is 2.22. The van der Waals surface area contributed by atoms with Gasteiger partial charge in [0.15, 0.2) is 0 Å². The number of benzene rings is 1. The number of esters is 1. The van der Waals surface area contributed by atoms with Crippen molar-refractivity contribution in [3.05, 3.63) is 35.6 Å². The van der Waals surface area contributed by atoms with Crippen LogP contribution in [0.2, 0.25) is 0 Å². The van der Waals surface area contributed by atoms with Gasteiger partial charge in [-0.1, -0.05) is 12.1 Å². The third-order valence-electron chi connectivity index (χ3n) is 2.69. The summed E-state index contributed by atoms with van der Waals surface area (Å²) in [4.78, 5) is 23.5. The molecule has 5 heteroatoms. The predicted octanol–water partition coefficient (Wildman–Crippen LogP) is 2.60. The fourth-order valence-electron chi connectivity index (χ4n) is 1.67. The smallest absolute Gasteiger partial charge is 0.328 e. The summed E-state index contributed by atoms with van der Waals surface area (Å²) in [5.74, 6) is -1.00. The number of hydrogen-bond acceptors (Lipinski definition) is 3. The number of amides is 1. The van der Waals surface area contributed by atoms with Crippen molar-refractivity contribution in [3.8, 4) is 0 Å². The van der Waals surface area contributed by atoms with Gasteiger partial charge in [0.1, 0.15) is 17.5 Å². The van der Waals surface area contributed by atoms with E-state index < -0.39 is 17.6 Å². The molecule has 1 rings (SSSR count). The molecule has 0 saturated carbocycles. The molecular weight excluding hydrogens is 273 g/mol. The Kier molecular flexibility index (Phi) is 5.88. The number of ether oxygens (including phenoxy) is 1. The highest BCUT2D eigenvalue weighted by atomic mass is 19.1. The van der Waals surface area contributed by atoms with E-state index in [2.05, 4.69) is 5.32 Å². The molecule has 0 unspecified atom stereocenters. The number of carbonyl (C=O) groups excluding carboxylic acids is 2. The zero-order valence-electron chi connectivity index (χ0n) is 12.9. The van der Waals surface area contributed by atoms with Crippen LogP contribution in [0.4, 0.5) is 4.39 Å². The lowest BCUT2D eigenvalue weighted by atomic mass is 10.1. The zero-order valence-corrected chi connectivity index (χ0v) is 12.9. The Labute approximate surface area is 124 Å². The van der Waals surface area contributed by atoms with Gasteiger partial charge in [0.05, 0.1) is 0 Å². The Morgan fingerprint density at radius 3 is 2.33 bits per heavy atom. The molecule has 116 valence electrons. The molecule has 1 amide bonds. The molecule has 0 bridgehead atoms. The number of halogens is 1. The molecule has 0 spiro atoms. The summed E-state index contributed by atoms with van der Waals surface area (Å²) >= 11 is 0. The minimum absolute atomic E-state index is 0.235. The molecule has 1 aromatic carbocycles. The first-order valence-electron chi connectivity index (χ1n) is 6.94. The van der Waals surface area contributed by atoms with Crippen LogP contribution < -0.4 is 5.32 Å². The molecule has 1 aromatic rings. The van der Waals surface area contributed by atoms with Crippen LogP contribution in [0.1, 0.15) is 39.7 Å². The maximum atomic E-state index is 12.8. The fourth-order valence-corrected chi connectivity index (χ4v) is 1.67. The third-order valence-corrected chi connectivity index (χ3v) is 2.69. The third kappa shape index (κ3) is 6.88. The summed E-state index contributed by atoms with van der Waals surface area (Å²) in [5.41, 5.74) is 0.293. The standard InChI is InChI=1S/C16H22FNO3/c1-11(15(20)21-16(2,3)4)18-14(19)10-7-12-5-8-13(17)9-6-12/h5-6,8-9,11H,7,10H2,1-4H3,(H,18,19)/t11-/m0/s1. The molecule has 0 heterocycles. The molecule has 0 aliphatic carbocycles. The second kappa shape index (κ2) is 7.20. The normalized spacial score (nSPS) is 12.6. The SMILES string of the molecule is C[C@H](NC(=O)CCc1ccc(F)cc1)C(=O)OC(C)(C)C. The van der Waals surface area contributed by atoms with Gasteiger partial charge in [-0.15, -0.1) is 0 Å². The molecular formula is C16H22FNO3. The molecule has 0 aliphatic rings. The van der Waals surface area contributed by atoms with Crippen molar-refractivity contribution >= 4 is 11.9 Å². The summed E-state index contributed by atoms with van der Waals surface area (Å²) in [6.07, 6.45) is 0.728. The maximum Gasteiger partial charge on any atom is 0.328 e. The average Bonchev–Trinajstić information content (AvgIpc) is 2.36. The predicted molar refractivity (Wildman–Crippen MR) is 78.2 cm³/mol. The maximum absolute atomic E-state index is 12.8. The summed E-state index contributed by atoms with van der Waals surface area (Å²) in [6.45, 7) is 6.90. The molecule has 0 radical (unpaired) electrons. The average molecular weight is 295 g/mol. The van der Waals surface area contributed by atoms with E-state index in [-0.39, 0.29) is 18.1 Å². The van der Waals surface area contributed by atoms with Gasteiger partial charge in [-0.2, -0.15) is 0 Å². The van der Waals surface area contributed by atoms with Gasteiger partial charge in [-0.3, -0.25) is 4.79 Å². The van der Waals surface area contributed by atoms with E-state index in [4.69, 9.17) is 4.74 Å². The summed E-state index contributed by atoms with van der Waals surface area (Å²) in [6, 6.07) is 5.30. The van der Waals surface area contributed by atoms with Gasteiger partial charge >= 0.3 is 5.97 Å². The molecule has 1 atom stereocenters. The van der Waals surface area contributed by atoms with Gasteiger partial charge in [0.25, 0.3) is 0 Å². The molecule has 0 aliphatic heterocycles. The van der Waals surface area contributed by atoms with Crippen LogP contribution in [0, 0.1) is 5.82 Å². The molecule has 0 saturated heterocycles. The molecule has 0 aromatic heterocycles. The van der Waals surface area contributed by atoms with E-state index in [1.54, 1.807) is 39.8 Å². The van der Waals surface area contributed by atoms with Crippen molar-refractivity contribution in [1.82, 2.24) is 5.32 Å². The Morgan fingerprint density at radius 1 is 1.24 bits per heavy atom. The largest absolute Gasteiger partial charge is 0.458 e. The van der Waals surface area contributed by atoms with E-state index in [1.165, 1.54) is 12.1 Å². The zero-order chi connectivity index (χ0) is 16.0. The van der Waals surface area contributed by atoms with Crippen LogP contribution in [-0.4, -0.2) is 23.5 Å². The second-order valence-electron chi connectivity index (χ2n) is 5.95. The van der Waals surface area contributed by atoms with Crippen molar-refractivity contribution in [1.29, 1.82) is 0 Å². The lowest BCUT2D eigenvalue weighted by Gasteiger charge is -2.22. The lowest BCUT2D eigenvalue weighted by Crippen LogP contribution is -2.42. The molecule has 21 heavy (non-hydrogen) atoms. The van der Waals surface area contributed by atoms with E-state index in [1.807, 2.05) is 0 Å². The minimum Gasteiger partial charge on any atom is -0.458 e. The van der Waals surface area contributed by atoms with Crippen LogP contribution in [0.3, 0.4) is 0 Å². The quantitative estimate of drug-likeness (QED) is 0.850. The van der Waals surface area contributed by atoms with E-state index in [0.717, 1.165) is 5.56 Å². The summed E-state index contributed by atoms with van der Waals surface area (Å²) < 4.78 is 17.9. The minimum atomic E-state index is -0.690. The topological polar surface area (TPSA) is 55.4 Å². The lowest BCUT2D eigenvalue weighted by molar-refractivity contribution is -0.158. The Hall–Kier alpha value is -1.91. The highest BCUT2D eigenvalue weighted by molar-refractivity contribution is 5.84. The molecule has 0 fully saturated rings. The summed E-state index contributed by atoms with van der Waals surface area (Å²) in [7, 11) is 0. The van der Waals surface area contributed by atoms with Crippen molar-refractivity contribution in [3.63, 3.8) is 0 Å². The number of nitrogens with one attached hydrogen (secondary N) is 1. The van der Waals surface area contributed by atoms with E-state index in [9.17, 15) is 14.0 Å². The number of aryl methyl sites for hydroxylation is 1. The van der Waals surface area contributed by atoms with Crippen LogP contribution in [0.15, 0.2) is 24.3 Å². The highest BCUT2D eigenvalue weighted by Crippen LogP contribution is 2.09. The van der Waals surface area contributed by atoms with Gasteiger partial charge in [0, 0.05) is 6.42 Å². The Balaban J connectivity index is 2.39. The van der Waals surface area contributed by atoms with Gasteiger partial charge in [-0.25, -0.2) is 9.18 Å². The molecule has 1 N–H and O–H groups in total. The van der Waals surface area contributed by atoms with Crippen molar-refractivity contribution < 1.29 is 18.7 Å². The van der Waals surface area contributed by atoms with Gasteiger partial charge in [-0.05, 0) is 51.8 Å². The first-order valence-corrected chi connectivity index (χ1v) is 6.94. The molecule has 4 nitrogen and oxygen atoms in total. The number of hydrogen-bond donors (Lipinski definition) is 1. The van der Waals surface area contributed by atoms with Crippen LogP contribution in [0.5, 0.6) is 0 Å². The monoisotopic (exact) mass is 295 g/mol.